The van der Waals surface area contributed by atoms with Crippen LogP contribution in [0.2, 0.25) is 5.02 Å². The van der Waals surface area contributed by atoms with Crippen molar-refractivity contribution in [2.24, 2.45) is 0 Å². The number of nitrogens with one attached hydrogen (secondary N) is 1. The predicted molar refractivity (Wildman–Crippen MR) is 149 cm³/mol. The average Bonchev–Trinajstić information content (AvgIpc) is 2.88. The molecule has 0 spiro atoms. The van der Waals surface area contributed by atoms with Crippen molar-refractivity contribution < 1.29 is 9.53 Å². The summed E-state index contributed by atoms with van der Waals surface area (Å²) >= 11 is 6.01. The highest BCUT2D eigenvalue weighted by molar-refractivity contribution is 6.30. The van der Waals surface area contributed by atoms with Crippen LogP contribution >= 0.6 is 11.6 Å². The highest BCUT2D eigenvalue weighted by Gasteiger charge is 2.27. The van der Waals surface area contributed by atoms with Gasteiger partial charge in [-0.25, -0.2) is 9.78 Å². The van der Waals surface area contributed by atoms with Gasteiger partial charge in [0.25, 0.3) is 5.56 Å². The lowest BCUT2D eigenvalue weighted by molar-refractivity contribution is 0.159. The zero-order chi connectivity index (χ0) is 26.5. The fourth-order valence-electron chi connectivity index (χ4n) is 4.44. The topological polar surface area (TPSA) is 76.5 Å². The first-order chi connectivity index (χ1) is 17.8. The fourth-order valence-corrected chi connectivity index (χ4v) is 4.56. The number of anilines is 1. The first kappa shape index (κ1) is 26.4. The smallest absolute Gasteiger partial charge is 0.322 e. The molecule has 0 saturated heterocycles. The molecule has 0 saturated carbocycles. The molecule has 4 rings (SSSR count). The van der Waals surface area contributed by atoms with Crippen LogP contribution in [0, 0.1) is 13.8 Å². The van der Waals surface area contributed by atoms with Gasteiger partial charge >= 0.3 is 6.03 Å². The third kappa shape index (κ3) is 5.84. The number of aryl methyl sites for hydroxylation is 2. The summed E-state index contributed by atoms with van der Waals surface area (Å²) in [4.78, 5) is 34.0. The van der Waals surface area contributed by atoms with Gasteiger partial charge in [-0.1, -0.05) is 41.4 Å². The number of fused-ring (bicyclic) bond motifs is 1. The number of hydrogen-bond donors (Lipinski definition) is 1. The highest BCUT2D eigenvalue weighted by Crippen LogP contribution is 2.26. The van der Waals surface area contributed by atoms with Crippen LogP contribution in [0.5, 0.6) is 0 Å². The summed E-state index contributed by atoms with van der Waals surface area (Å²) in [5, 5.41) is 4.06. The van der Waals surface area contributed by atoms with Gasteiger partial charge in [0.15, 0.2) is 0 Å². The SMILES string of the molecule is COCCCN(C(=O)Nc1ccc(Cl)cc1)C(C)c1nc2ccccc2c(=O)n1-c1ccc(C)cc1C. The molecule has 0 aliphatic carbocycles. The number of urea groups is 1. The molecule has 37 heavy (non-hydrogen) atoms. The van der Waals surface area contributed by atoms with Crippen LogP contribution in [0.25, 0.3) is 16.6 Å². The number of ether oxygens (including phenoxy) is 1. The molecule has 4 aromatic rings. The number of halogens is 1. The summed E-state index contributed by atoms with van der Waals surface area (Å²) in [5.41, 5.74) is 3.83. The molecule has 0 aliphatic heterocycles. The number of carbonyl (C=O) groups excluding carboxylic acids is 1. The largest absolute Gasteiger partial charge is 0.385 e. The summed E-state index contributed by atoms with van der Waals surface area (Å²) in [5.74, 6) is 0.485. The Morgan fingerprint density at radius 3 is 2.54 bits per heavy atom. The van der Waals surface area contributed by atoms with Crippen LogP contribution in [0.15, 0.2) is 71.5 Å². The third-order valence-electron chi connectivity index (χ3n) is 6.34. The minimum absolute atomic E-state index is 0.172. The van der Waals surface area contributed by atoms with Crippen molar-refractivity contribution in [3.8, 4) is 5.69 Å². The van der Waals surface area contributed by atoms with E-state index < -0.39 is 6.04 Å². The number of nitrogens with zero attached hydrogens (tertiary/aromatic N) is 3. The zero-order valence-electron chi connectivity index (χ0n) is 21.5. The van der Waals surface area contributed by atoms with Gasteiger partial charge in [-0.05, 0) is 75.2 Å². The number of hydrogen-bond acceptors (Lipinski definition) is 4. The second-order valence-electron chi connectivity index (χ2n) is 9.07. The van der Waals surface area contributed by atoms with Gasteiger partial charge in [-0.15, -0.1) is 0 Å². The summed E-state index contributed by atoms with van der Waals surface area (Å²) in [7, 11) is 1.63. The van der Waals surface area contributed by atoms with Crippen LogP contribution in [0.3, 0.4) is 0 Å². The van der Waals surface area contributed by atoms with Gasteiger partial charge in [0.2, 0.25) is 0 Å². The Morgan fingerprint density at radius 1 is 1.11 bits per heavy atom. The van der Waals surface area contributed by atoms with Gasteiger partial charge in [-0.2, -0.15) is 0 Å². The van der Waals surface area contributed by atoms with Crippen molar-refractivity contribution >= 4 is 34.2 Å². The molecule has 1 aromatic heterocycles. The first-order valence-corrected chi connectivity index (χ1v) is 12.6. The van der Waals surface area contributed by atoms with E-state index >= 15 is 0 Å². The summed E-state index contributed by atoms with van der Waals surface area (Å²) in [6.45, 7) is 6.78. The van der Waals surface area contributed by atoms with E-state index in [1.54, 1.807) is 46.9 Å². The Bertz CT molecular complexity index is 1470. The Balaban J connectivity index is 1.83. The van der Waals surface area contributed by atoms with E-state index in [1.165, 1.54) is 0 Å². The molecular weight excluding hydrogens is 488 g/mol. The van der Waals surface area contributed by atoms with Crippen LogP contribution in [0.4, 0.5) is 10.5 Å². The highest BCUT2D eigenvalue weighted by atomic mass is 35.5. The third-order valence-corrected chi connectivity index (χ3v) is 6.59. The minimum Gasteiger partial charge on any atom is -0.385 e. The summed E-state index contributed by atoms with van der Waals surface area (Å²) < 4.78 is 6.88. The van der Waals surface area contributed by atoms with Crippen molar-refractivity contribution in [3.05, 3.63) is 99.1 Å². The van der Waals surface area contributed by atoms with E-state index in [4.69, 9.17) is 21.3 Å². The zero-order valence-corrected chi connectivity index (χ0v) is 22.2. The van der Waals surface area contributed by atoms with Crippen LogP contribution in [0.1, 0.15) is 36.3 Å². The van der Waals surface area contributed by atoms with Crippen molar-refractivity contribution in [3.63, 3.8) is 0 Å². The molecule has 192 valence electrons. The number of aromatic nitrogens is 2. The van der Waals surface area contributed by atoms with E-state index in [1.807, 2.05) is 57.2 Å². The van der Waals surface area contributed by atoms with Crippen LogP contribution < -0.4 is 10.9 Å². The maximum absolute atomic E-state index is 13.8. The number of para-hydroxylation sites is 1. The molecule has 1 N–H and O–H groups in total. The monoisotopic (exact) mass is 518 g/mol. The average molecular weight is 519 g/mol. The van der Waals surface area contributed by atoms with E-state index in [9.17, 15) is 9.59 Å². The molecule has 8 heteroatoms. The molecule has 0 fully saturated rings. The second-order valence-corrected chi connectivity index (χ2v) is 9.51. The molecule has 2 amide bonds. The summed E-state index contributed by atoms with van der Waals surface area (Å²) in [6.07, 6.45) is 0.621. The second kappa shape index (κ2) is 11.6. The number of methoxy groups -OCH3 is 1. The lowest BCUT2D eigenvalue weighted by Gasteiger charge is -2.31. The Labute approximate surface area is 221 Å². The van der Waals surface area contributed by atoms with Crippen LogP contribution in [-0.4, -0.2) is 40.7 Å². The first-order valence-electron chi connectivity index (χ1n) is 12.2. The Kier molecular flexibility index (Phi) is 8.26. The molecule has 0 aliphatic rings. The van der Waals surface area contributed by atoms with Gasteiger partial charge in [0.05, 0.1) is 22.6 Å². The van der Waals surface area contributed by atoms with Crippen molar-refractivity contribution in [2.45, 2.75) is 33.2 Å². The maximum Gasteiger partial charge on any atom is 0.322 e. The van der Waals surface area contributed by atoms with E-state index in [2.05, 4.69) is 5.32 Å². The van der Waals surface area contributed by atoms with Crippen molar-refractivity contribution in [1.82, 2.24) is 14.5 Å². The van der Waals surface area contributed by atoms with E-state index in [0.29, 0.717) is 47.0 Å². The molecule has 1 atom stereocenters. The molecule has 0 radical (unpaired) electrons. The standard InChI is InChI=1S/C29H31ClN4O3/c1-19-10-15-26(20(2)18-19)34-27(32-25-9-6-5-8-24(25)28(34)35)21(3)33(16-7-17-37-4)29(36)31-23-13-11-22(30)12-14-23/h5-6,8-15,18,21H,7,16-17H2,1-4H3,(H,31,36). The Hall–Kier alpha value is -3.68. The molecule has 7 nitrogen and oxygen atoms in total. The number of carbonyl (C=O) groups is 1. The molecule has 1 unspecified atom stereocenters. The Morgan fingerprint density at radius 2 is 1.84 bits per heavy atom. The minimum atomic E-state index is -0.526. The van der Waals surface area contributed by atoms with Crippen LogP contribution in [-0.2, 0) is 4.74 Å². The van der Waals surface area contributed by atoms with Crippen molar-refractivity contribution in [2.75, 3.05) is 25.6 Å². The van der Waals surface area contributed by atoms with Gasteiger partial charge in [-0.3, -0.25) is 9.36 Å². The van der Waals surface area contributed by atoms with Gasteiger partial charge in [0, 0.05) is 31.0 Å². The normalized spacial score (nSPS) is 11.9. The maximum atomic E-state index is 13.8. The lowest BCUT2D eigenvalue weighted by atomic mass is 10.1. The predicted octanol–water partition coefficient (Wildman–Crippen LogP) is 6.29. The van der Waals surface area contributed by atoms with Gasteiger partial charge in [0.1, 0.15) is 5.82 Å². The number of benzene rings is 3. The molecule has 0 bridgehead atoms. The van der Waals surface area contributed by atoms with Crippen molar-refractivity contribution in [1.29, 1.82) is 0 Å². The summed E-state index contributed by atoms with van der Waals surface area (Å²) in [6, 6.07) is 19.3. The molecule has 3 aromatic carbocycles. The molecule has 1 heterocycles. The quantitative estimate of drug-likeness (QED) is 0.278. The van der Waals surface area contributed by atoms with E-state index in [-0.39, 0.29) is 11.6 Å². The molecular formula is C29H31ClN4O3. The van der Waals surface area contributed by atoms with Gasteiger partial charge < -0.3 is 15.0 Å². The van der Waals surface area contributed by atoms with E-state index in [0.717, 1.165) is 16.8 Å². The number of rotatable bonds is 8. The number of amides is 2. The fraction of sp³-hybridized carbons (Fsp3) is 0.276. The lowest BCUT2D eigenvalue weighted by Crippen LogP contribution is -2.40.